The number of nitrogens with zero attached hydrogens (tertiary/aromatic N) is 10. The Balaban J connectivity index is 1.61. The van der Waals surface area contributed by atoms with Crippen molar-refractivity contribution in [3.05, 3.63) is 91.0 Å². The van der Waals surface area contributed by atoms with Crippen molar-refractivity contribution >= 4 is 44.1 Å². The van der Waals surface area contributed by atoms with Gasteiger partial charge in [0.15, 0.2) is 22.6 Å². The van der Waals surface area contributed by atoms with Crippen LogP contribution < -0.4 is 22.2 Å². The lowest BCUT2D eigenvalue weighted by Gasteiger charge is -2.16. The van der Waals surface area contributed by atoms with Gasteiger partial charge >= 0.3 is 0 Å². The van der Waals surface area contributed by atoms with Crippen LogP contribution in [0.3, 0.4) is 0 Å². The third-order valence-corrected chi connectivity index (χ3v) is 9.94. The lowest BCUT2D eigenvalue weighted by atomic mass is 9.93. The fraction of sp³-hybridized carbons (Fsp3) is 0.400. The van der Waals surface area contributed by atoms with E-state index >= 15 is 0 Å². The Morgan fingerprint density at radius 3 is 0.981 bits per heavy atom. The van der Waals surface area contributed by atoms with Gasteiger partial charge in [-0.15, -0.1) is 0 Å². The zero-order chi connectivity index (χ0) is 37.9. The second-order valence-electron chi connectivity index (χ2n) is 13.7. The zero-order valence-electron chi connectivity index (χ0n) is 31.2. The number of aryl methyl sites for hydroxylation is 4. The number of benzene rings is 1. The van der Waals surface area contributed by atoms with E-state index in [0.717, 1.165) is 51.4 Å². The molecule has 7 aromatic rings. The maximum Gasteiger partial charge on any atom is 0.263 e. The van der Waals surface area contributed by atoms with E-state index in [9.17, 15) is 19.2 Å². The summed E-state index contributed by atoms with van der Waals surface area (Å²) in [6.45, 7) is 9.99. The van der Waals surface area contributed by atoms with Gasteiger partial charge in [0.25, 0.3) is 22.2 Å². The predicted octanol–water partition coefficient (Wildman–Crippen LogP) is 5.85. The van der Waals surface area contributed by atoms with Crippen LogP contribution in [0.5, 0.6) is 0 Å². The number of rotatable bonds is 14. The Morgan fingerprint density at radius 2 is 0.722 bits per heavy atom. The summed E-state index contributed by atoms with van der Waals surface area (Å²) in [5, 5.41) is 0.785. The van der Waals surface area contributed by atoms with Crippen LogP contribution >= 0.6 is 0 Å². The zero-order valence-corrected chi connectivity index (χ0v) is 31.2. The van der Waals surface area contributed by atoms with Crippen molar-refractivity contribution in [2.45, 2.75) is 105 Å². The summed E-state index contributed by atoms with van der Waals surface area (Å²) in [5.41, 5.74) is 1.11. The predicted molar refractivity (Wildman–Crippen MR) is 211 cm³/mol. The van der Waals surface area contributed by atoms with Crippen molar-refractivity contribution in [3.63, 3.8) is 0 Å². The summed E-state index contributed by atoms with van der Waals surface area (Å²) < 4.78 is 6.21. The molecule has 54 heavy (non-hydrogen) atoms. The number of unbranched alkanes of at least 4 members (excludes halogenated alkanes) is 4. The van der Waals surface area contributed by atoms with Crippen LogP contribution in [0.1, 0.15) is 79.1 Å². The highest BCUT2D eigenvalue weighted by Crippen LogP contribution is 2.36. The lowest BCUT2D eigenvalue weighted by molar-refractivity contribution is 0.606. The molecule has 0 aliphatic rings. The van der Waals surface area contributed by atoms with Gasteiger partial charge in [0, 0.05) is 37.3 Å². The Kier molecular flexibility index (Phi) is 10.5. The molecule has 0 unspecified atom stereocenters. The van der Waals surface area contributed by atoms with E-state index in [-0.39, 0.29) is 66.4 Å². The molecule has 0 saturated carbocycles. The Morgan fingerprint density at radius 1 is 0.444 bits per heavy atom. The van der Waals surface area contributed by atoms with Crippen molar-refractivity contribution in [3.8, 4) is 22.3 Å². The van der Waals surface area contributed by atoms with Gasteiger partial charge < -0.3 is 0 Å². The average molecular weight is 729 g/mol. The molecule has 7 rings (SSSR count). The number of aromatic nitrogens is 10. The fourth-order valence-electron chi connectivity index (χ4n) is 6.95. The number of hydrogen-bond acceptors (Lipinski definition) is 10. The molecule has 6 aromatic heterocycles. The largest absolute Gasteiger partial charge is 0.299 e. The summed E-state index contributed by atoms with van der Waals surface area (Å²) >= 11 is 0. The van der Waals surface area contributed by atoms with Gasteiger partial charge in [-0.1, -0.05) is 71.6 Å². The van der Waals surface area contributed by atoms with Gasteiger partial charge in [-0.05, 0) is 42.9 Å². The Hall–Kier alpha value is -5.92. The quantitative estimate of drug-likeness (QED) is 0.124. The van der Waals surface area contributed by atoms with Gasteiger partial charge in [-0.2, -0.15) is 0 Å². The maximum absolute atomic E-state index is 14.3. The van der Waals surface area contributed by atoms with Crippen LogP contribution in [0.2, 0.25) is 0 Å². The van der Waals surface area contributed by atoms with E-state index < -0.39 is 0 Å². The average Bonchev–Trinajstić information content (AvgIpc) is 3.18. The van der Waals surface area contributed by atoms with Gasteiger partial charge in [-0.3, -0.25) is 37.4 Å². The first kappa shape index (κ1) is 36.4. The normalized spacial score (nSPS) is 11.8. The van der Waals surface area contributed by atoms with Gasteiger partial charge in [-0.25, -0.2) is 29.9 Å². The van der Waals surface area contributed by atoms with Crippen LogP contribution in [0, 0.1) is 0 Å². The summed E-state index contributed by atoms with van der Waals surface area (Å²) in [5.74, 6) is 0. The van der Waals surface area contributed by atoms with E-state index in [1.807, 2.05) is 39.8 Å². The molecule has 0 aliphatic heterocycles. The van der Waals surface area contributed by atoms with E-state index in [1.165, 1.54) is 25.3 Å². The van der Waals surface area contributed by atoms with Crippen molar-refractivity contribution in [1.82, 2.24) is 48.2 Å². The molecule has 0 N–H and O–H groups in total. The topological polar surface area (TPSA) is 165 Å². The molecule has 0 radical (unpaired) electrons. The third-order valence-electron chi connectivity index (χ3n) is 9.94. The first-order valence-corrected chi connectivity index (χ1v) is 19.0. The molecule has 278 valence electrons. The van der Waals surface area contributed by atoms with Crippen LogP contribution in [-0.4, -0.2) is 48.2 Å². The molecule has 0 fully saturated rings. The molecule has 6 heterocycles. The smallest absolute Gasteiger partial charge is 0.263 e. The van der Waals surface area contributed by atoms with Crippen molar-refractivity contribution in [2.75, 3.05) is 0 Å². The monoisotopic (exact) mass is 728 g/mol. The van der Waals surface area contributed by atoms with Crippen molar-refractivity contribution < 1.29 is 0 Å². The van der Waals surface area contributed by atoms with Crippen molar-refractivity contribution in [1.29, 1.82) is 0 Å². The highest BCUT2D eigenvalue weighted by Gasteiger charge is 2.24. The molecule has 0 aliphatic carbocycles. The number of fused-ring (bicyclic) bond motifs is 4. The molecular formula is C40H44N10O4. The van der Waals surface area contributed by atoms with E-state index in [2.05, 4.69) is 29.9 Å². The molecule has 0 bridgehead atoms. The van der Waals surface area contributed by atoms with Crippen LogP contribution in [-0.2, 0) is 26.2 Å². The first-order chi connectivity index (χ1) is 26.3. The Bertz CT molecular complexity index is 2440. The first-order valence-electron chi connectivity index (χ1n) is 19.0. The van der Waals surface area contributed by atoms with Crippen LogP contribution in [0.4, 0.5) is 0 Å². The van der Waals surface area contributed by atoms with Crippen LogP contribution in [0.25, 0.3) is 66.4 Å². The summed E-state index contributed by atoms with van der Waals surface area (Å²) in [7, 11) is 0. The minimum Gasteiger partial charge on any atom is -0.299 e. The molecule has 0 atom stereocenters. The van der Waals surface area contributed by atoms with E-state index in [1.54, 1.807) is 30.4 Å². The van der Waals surface area contributed by atoms with Gasteiger partial charge in [0.2, 0.25) is 0 Å². The van der Waals surface area contributed by atoms with E-state index in [4.69, 9.17) is 0 Å². The molecule has 0 saturated heterocycles. The highest BCUT2D eigenvalue weighted by atomic mass is 16.1. The number of hydrogen-bond donors (Lipinski definition) is 0. The summed E-state index contributed by atoms with van der Waals surface area (Å²) in [6, 6.07) is 7.21. The minimum atomic E-state index is -0.322. The number of pyridine rings is 2. The lowest BCUT2D eigenvalue weighted by Crippen LogP contribution is -2.25. The molecule has 14 nitrogen and oxygen atoms in total. The van der Waals surface area contributed by atoms with Crippen LogP contribution in [0.15, 0.2) is 68.8 Å². The van der Waals surface area contributed by atoms with Gasteiger partial charge in [0.1, 0.15) is 0 Å². The maximum atomic E-state index is 14.3. The molecule has 0 amide bonds. The second kappa shape index (κ2) is 15.6. The highest BCUT2D eigenvalue weighted by molar-refractivity contribution is 6.10. The second-order valence-corrected chi connectivity index (χ2v) is 13.7. The van der Waals surface area contributed by atoms with Gasteiger partial charge in [0.05, 0.1) is 46.9 Å². The third kappa shape index (κ3) is 6.49. The molecule has 14 heteroatoms. The molecule has 0 spiro atoms. The van der Waals surface area contributed by atoms with Crippen molar-refractivity contribution in [2.24, 2.45) is 0 Å². The minimum absolute atomic E-state index is 0.171. The summed E-state index contributed by atoms with van der Waals surface area (Å²) in [6.07, 6.45) is 12.5. The molecular weight excluding hydrogens is 685 g/mol. The Labute approximate surface area is 310 Å². The standard InChI is InChI=1S/C40H44N10O4/c1-5-9-16-47-21-41-33-29(37(47)51)27(30-34(45-33)42-22-48(38(30)52)17-10-6-2)25-14-13-15-26(20-25)28-31-35(43-23-49(39(31)53)18-11-7-3)46-36-32(28)40(54)50(24-44-36)19-12-8-4/h13-15,20-24H,5-12,16-19H2,1-4H3. The fourth-order valence-corrected chi connectivity index (χ4v) is 6.95. The van der Waals surface area contributed by atoms with E-state index in [0.29, 0.717) is 48.4 Å². The molecule has 1 aromatic carbocycles. The summed E-state index contributed by atoms with van der Waals surface area (Å²) in [4.78, 5) is 84.8. The SMILES string of the molecule is CCCCn1cnc2nc3ncn(CCCC)c(=O)c3c(-c3cccc(-c4c5c(=O)n(CCCC)cnc5nc5ncn(CCCC)c(=O)c45)c3)c2c1=O.